The molecule has 7 aromatic carbocycles. The van der Waals surface area contributed by atoms with Crippen LogP contribution >= 0.6 is 0 Å². The molecular formula is C63H64BN3. The van der Waals surface area contributed by atoms with Crippen molar-refractivity contribution < 1.29 is 0 Å². The Morgan fingerprint density at radius 2 is 0.687 bits per heavy atom. The van der Waals surface area contributed by atoms with Crippen LogP contribution in [0.3, 0.4) is 0 Å². The monoisotopic (exact) mass is 874 g/mol. The normalized spacial score (nSPS) is 13.6. The fraction of sp³-hybridized carbons (Fsp3) is 0.254. The zero-order chi connectivity index (χ0) is 47.2. The summed E-state index contributed by atoms with van der Waals surface area (Å²) in [7, 11) is 0. The average Bonchev–Trinajstić information content (AvgIpc) is 3.30. The molecule has 2 aliphatic rings. The Kier molecular flexibility index (Phi) is 10.6. The molecule has 8 aromatic rings. The second-order valence-corrected chi connectivity index (χ2v) is 23.0. The smallest absolute Gasteiger partial charge is 0.252 e. The van der Waals surface area contributed by atoms with E-state index in [0.29, 0.717) is 0 Å². The lowest BCUT2D eigenvalue weighted by atomic mass is 9.33. The van der Waals surface area contributed by atoms with E-state index in [-0.39, 0.29) is 28.4 Å². The molecule has 0 fully saturated rings. The molecular weight excluding hydrogens is 810 g/mol. The minimum absolute atomic E-state index is 0.00297. The second-order valence-electron chi connectivity index (χ2n) is 23.0. The molecule has 0 N–H and O–H groups in total. The van der Waals surface area contributed by atoms with E-state index >= 15 is 0 Å². The van der Waals surface area contributed by atoms with E-state index < -0.39 is 0 Å². The minimum atomic E-state index is -0.0661. The van der Waals surface area contributed by atoms with E-state index in [0.717, 1.165) is 33.6 Å². The first-order chi connectivity index (χ1) is 31.7. The molecule has 67 heavy (non-hydrogen) atoms. The highest BCUT2D eigenvalue weighted by molar-refractivity contribution is 7.00. The number of para-hydroxylation sites is 2. The number of fused-ring (bicyclic) bond motifs is 4. The lowest BCUT2D eigenvalue weighted by Gasteiger charge is -2.45. The van der Waals surface area contributed by atoms with E-state index in [9.17, 15) is 0 Å². The van der Waals surface area contributed by atoms with E-state index in [4.69, 9.17) is 4.98 Å². The van der Waals surface area contributed by atoms with Crippen molar-refractivity contribution in [3.05, 3.63) is 192 Å². The average molecular weight is 874 g/mol. The third-order valence-electron chi connectivity index (χ3n) is 14.0. The molecule has 0 radical (unpaired) electrons. The molecule has 2 aliphatic heterocycles. The third kappa shape index (κ3) is 8.09. The van der Waals surface area contributed by atoms with Gasteiger partial charge in [0.1, 0.15) is 0 Å². The summed E-state index contributed by atoms with van der Waals surface area (Å²) < 4.78 is 0. The minimum Gasteiger partial charge on any atom is -0.311 e. The van der Waals surface area contributed by atoms with Crippen LogP contribution in [-0.2, 0) is 21.7 Å². The number of hydrogen-bond donors (Lipinski definition) is 0. The van der Waals surface area contributed by atoms with Crippen LogP contribution < -0.4 is 26.2 Å². The van der Waals surface area contributed by atoms with Gasteiger partial charge in [-0.15, -0.1) is 0 Å². The van der Waals surface area contributed by atoms with Gasteiger partial charge in [-0.2, -0.15) is 0 Å². The Bertz CT molecular complexity index is 2900. The molecule has 334 valence electrons. The maximum absolute atomic E-state index is 5.59. The van der Waals surface area contributed by atoms with Crippen molar-refractivity contribution in [2.75, 3.05) is 9.80 Å². The summed E-state index contributed by atoms with van der Waals surface area (Å²) >= 11 is 0. The molecule has 0 spiro atoms. The third-order valence-corrected chi connectivity index (χ3v) is 14.0. The topological polar surface area (TPSA) is 19.4 Å². The summed E-state index contributed by atoms with van der Waals surface area (Å²) in [5.74, 6) is 0. The van der Waals surface area contributed by atoms with Crippen LogP contribution in [0.2, 0.25) is 0 Å². The number of anilines is 6. The Morgan fingerprint density at radius 1 is 0.328 bits per heavy atom. The lowest BCUT2D eigenvalue weighted by Crippen LogP contribution is -2.61. The molecule has 0 amide bonds. The summed E-state index contributed by atoms with van der Waals surface area (Å²) in [4.78, 5) is 10.8. The molecule has 0 unspecified atom stereocenters. The SMILES string of the molecule is CC(C)(C)c1cc(N2c3ccccc3B3c4ccccc4N(c4cc(C(C)(C)C)cc(C(C)(C)C)c4)c4cc(-c5cc(-c6ccccc6)cc(-c6ccccc6)n5)cc2c43)cc(C(C)(C)C)c1. The molecule has 0 saturated carbocycles. The second kappa shape index (κ2) is 16.0. The maximum atomic E-state index is 5.59. The van der Waals surface area contributed by atoms with Gasteiger partial charge >= 0.3 is 0 Å². The van der Waals surface area contributed by atoms with Gasteiger partial charge < -0.3 is 9.80 Å². The number of aromatic nitrogens is 1. The number of pyridine rings is 1. The number of hydrogen-bond acceptors (Lipinski definition) is 3. The van der Waals surface area contributed by atoms with Crippen LogP contribution in [0.25, 0.3) is 33.6 Å². The van der Waals surface area contributed by atoms with Gasteiger partial charge in [0.2, 0.25) is 0 Å². The predicted octanol–water partition coefficient (Wildman–Crippen LogP) is 15.4. The van der Waals surface area contributed by atoms with E-state index in [1.807, 2.05) is 0 Å². The summed E-state index contributed by atoms with van der Waals surface area (Å²) in [6, 6.07) is 63.8. The van der Waals surface area contributed by atoms with Crippen LogP contribution in [0.1, 0.15) is 105 Å². The van der Waals surface area contributed by atoms with Crippen molar-refractivity contribution in [2.24, 2.45) is 0 Å². The molecule has 4 heteroatoms. The Balaban J connectivity index is 1.35. The summed E-state index contributed by atoms with van der Waals surface area (Å²) in [5.41, 5.74) is 22.4. The lowest BCUT2D eigenvalue weighted by molar-refractivity contribution is 0.568. The highest BCUT2D eigenvalue weighted by Crippen LogP contribution is 2.48. The first-order valence-electron chi connectivity index (χ1n) is 24.2. The van der Waals surface area contributed by atoms with Gasteiger partial charge in [-0.1, -0.05) is 192 Å². The Labute approximate surface area is 400 Å². The molecule has 3 nitrogen and oxygen atoms in total. The zero-order valence-corrected chi connectivity index (χ0v) is 41.6. The van der Waals surface area contributed by atoms with Crippen LogP contribution in [0, 0.1) is 0 Å². The largest absolute Gasteiger partial charge is 0.311 e. The number of nitrogens with zero attached hydrogens (tertiary/aromatic N) is 3. The van der Waals surface area contributed by atoms with Gasteiger partial charge in [0.05, 0.1) is 11.4 Å². The van der Waals surface area contributed by atoms with Gasteiger partial charge in [-0.05, 0) is 132 Å². The molecule has 0 atom stereocenters. The number of benzene rings is 7. The standard InChI is InChI=1S/C63H64BN3/c1-60(2,3)45-35-46(61(4,5)6)38-49(37-45)66-55-29-21-19-27-51(55)64-52-28-20-22-30-56(52)67(50-39-47(62(7,8)9)36-48(40-50)63(10,11)12)58-34-44(33-57(66)59(58)64)54-32-43(41-23-15-13-16-24-41)31-53(65-54)42-25-17-14-18-26-42/h13-40H,1-12H3. The van der Waals surface area contributed by atoms with Crippen molar-refractivity contribution >= 4 is 57.2 Å². The first-order valence-corrected chi connectivity index (χ1v) is 24.2. The van der Waals surface area contributed by atoms with E-state index in [1.165, 1.54) is 72.8 Å². The Morgan fingerprint density at radius 3 is 1.09 bits per heavy atom. The van der Waals surface area contributed by atoms with Crippen LogP contribution in [0.15, 0.2) is 170 Å². The van der Waals surface area contributed by atoms with Gasteiger partial charge in [-0.3, -0.25) is 0 Å². The molecule has 3 heterocycles. The molecule has 10 rings (SSSR count). The molecule has 0 bridgehead atoms. The van der Waals surface area contributed by atoms with Crippen LogP contribution in [0.4, 0.5) is 34.1 Å². The van der Waals surface area contributed by atoms with Crippen molar-refractivity contribution in [1.29, 1.82) is 0 Å². The molecule has 0 saturated heterocycles. The Hall–Kier alpha value is -6.65. The van der Waals surface area contributed by atoms with Crippen LogP contribution in [-0.4, -0.2) is 11.7 Å². The van der Waals surface area contributed by atoms with Gasteiger partial charge in [-0.25, -0.2) is 4.98 Å². The van der Waals surface area contributed by atoms with Crippen molar-refractivity contribution in [3.63, 3.8) is 0 Å². The van der Waals surface area contributed by atoms with Crippen molar-refractivity contribution in [3.8, 4) is 33.6 Å². The summed E-state index contributed by atoms with van der Waals surface area (Å²) in [5, 5.41) is 0. The summed E-state index contributed by atoms with van der Waals surface area (Å²) in [6.45, 7) is 28.0. The van der Waals surface area contributed by atoms with Gasteiger partial charge in [0, 0.05) is 45.3 Å². The van der Waals surface area contributed by atoms with Gasteiger partial charge in [0.15, 0.2) is 0 Å². The zero-order valence-electron chi connectivity index (χ0n) is 41.6. The maximum Gasteiger partial charge on any atom is 0.252 e. The van der Waals surface area contributed by atoms with Crippen molar-refractivity contribution in [1.82, 2.24) is 4.98 Å². The predicted molar refractivity (Wildman–Crippen MR) is 289 cm³/mol. The molecule has 0 aliphatic carbocycles. The quantitative estimate of drug-likeness (QED) is 0.161. The fourth-order valence-electron chi connectivity index (χ4n) is 10.0. The first kappa shape index (κ1) is 44.2. The highest BCUT2D eigenvalue weighted by Gasteiger charge is 2.44. The summed E-state index contributed by atoms with van der Waals surface area (Å²) in [6.07, 6.45) is 0. The van der Waals surface area contributed by atoms with E-state index in [2.05, 4.69) is 263 Å². The van der Waals surface area contributed by atoms with Gasteiger partial charge in [0.25, 0.3) is 6.71 Å². The molecule has 1 aromatic heterocycles. The number of rotatable bonds is 5. The van der Waals surface area contributed by atoms with E-state index in [1.54, 1.807) is 0 Å². The van der Waals surface area contributed by atoms with Crippen LogP contribution in [0.5, 0.6) is 0 Å². The fourth-order valence-corrected chi connectivity index (χ4v) is 10.0. The highest BCUT2D eigenvalue weighted by atomic mass is 15.2. The van der Waals surface area contributed by atoms with Crippen molar-refractivity contribution in [2.45, 2.75) is 105 Å².